The SMILES string of the molecule is CCNC(=O)[C@H](Cc1ccccc1)N(Cc1ccc(Br)cc1)C(=O)CN(c1ccc(OCC)cc1)S(=O)(=O)c1ccccc1. The standard InChI is InChI=1S/C34H36BrN3O5S/c1-3-36-34(40)32(23-26-11-7-5-8-12-26)37(24-27-15-17-28(35)18-16-27)33(39)25-38(29-19-21-30(22-20-29)43-4-2)44(41,42)31-13-9-6-10-14-31/h5-22,32H,3-4,23-25H2,1-2H3,(H,36,40)/t32-/m0/s1. The van der Waals surface area contributed by atoms with Crippen molar-refractivity contribution < 1.29 is 22.7 Å². The normalized spacial score (nSPS) is 11.8. The molecule has 2 amide bonds. The van der Waals surface area contributed by atoms with E-state index in [-0.39, 0.29) is 23.8 Å². The molecule has 44 heavy (non-hydrogen) atoms. The number of anilines is 1. The van der Waals surface area contributed by atoms with Crippen molar-refractivity contribution in [3.8, 4) is 5.75 Å². The van der Waals surface area contributed by atoms with Gasteiger partial charge in [0.1, 0.15) is 18.3 Å². The molecule has 0 aliphatic rings. The molecule has 10 heteroatoms. The van der Waals surface area contributed by atoms with Crippen LogP contribution in [0.1, 0.15) is 25.0 Å². The van der Waals surface area contributed by atoms with Gasteiger partial charge in [-0.3, -0.25) is 13.9 Å². The molecule has 4 aromatic rings. The van der Waals surface area contributed by atoms with E-state index in [1.54, 1.807) is 42.5 Å². The van der Waals surface area contributed by atoms with E-state index < -0.39 is 28.5 Å². The number of carbonyl (C=O) groups is 2. The maximum Gasteiger partial charge on any atom is 0.264 e. The van der Waals surface area contributed by atoms with Crippen molar-refractivity contribution in [2.24, 2.45) is 0 Å². The Morgan fingerprint density at radius 3 is 2.02 bits per heavy atom. The van der Waals surface area contributed by atoms with E-state index in [2.05, 4.69) is 21.2 Å². The third-order valence-corrected chi connectivity index (χ3v) is 9.25. The predicted octanol–water partition coefficient (Wildman–Crippen LogP) is 5.82. The Labute approximate surface area is 267 Å². The second-order valence-electron chi connectivity index (χ2n) is 10.00. The summed E-state index contributed by atoms with van der Waals surface area (Å²) in [4.78, 5) is 29.5. The summed E-state index contributed by atoms with van der Waals surface area (Å²) >= 11 is 3.45. The van der Waals surface area contributed by atoms with Gasteiger partial charge in [0.05, 0.1) is 17.2 Å². The monoisotopic (exact) mass is 677 g/mol. The van der Waals surface area contributed by atoms with E-state index in [1.165, 1.54) is 17.0 Å². The quantitative estimate of drug-likeness (QED) is 0.182. The van der Waals surface area contributed by atoms with Crippen LogP contribution in [0.25, 0.3) is 0 Å². The topological polar surface area (TPSA) is 96.0 Å². The molecule has 0 aliphatic carbocycles. The van der Waals surface area contributed by atoms with Crippen LogP contribution in [0.5, 0.6) is 5.75 Å². The number of nitrogens with zero attached hydrogens (tertiary/aromatic N) is 2. The maximum atomic E-state index is 14.4. The van der Waals surface area contributed by atoms with Crippen LogP contribution < -0.4 is 14.4 Å². The number of hydrogen-bond donors (Lipinski definition) is 1. The average Bonchev–Trinajstić information content (AvgIpc) is 3.04. The fourth-order valence-corrected chi connectivity index (χ4v) is 6.46. The summed E-state index contributed by atoms with van der Waals surface area (Å²) in [5.74, 6) is -0.260. The Morgan fingerprint density at radius 2 is 1.43 bits per heavy atom. The van der Waals surface area contributed by atoms with Gasteiger partial charge < -0.3 is 15.0 Å². The highest BCUT2D eigenvalue weighted by Gasteiger charge is 2.34. The summed E-state index contributed by atoms with van der Waals surface area (Å²) in [5, 5.41) is 2.87. The zero-order valence-electron chi connectivity index (χ0n) is 24.7. The van der Waals surface area contributed by atoms with E-state index in [4.69, 9.17) is 4.74 Å². The molecule has 4 rings (SSSR count). The zero-order valence-corrected chi connectivity index (χ0v) is 27.1. The first kappa shape index (κ1) is 32.8. The van der Waals surface area contributed by atoms with E-state index in [0.717, 1.165) is 19.9 Å². The predicted molar refractivity (Wildman–Crippen MR) is 176 cm³/mol. The third-order valence-electron chi connectivity index (χ3n) is 6.93. The van der Waals surface area contributed by atoms with E-state index in [1.807, 2.05) is 68.4 Å². The lowest BCUT2D eigenvalue weighted by atomic mass is 10.0. The van der Waals surface area contributed by atoms with Gasteiger partial charge in [-0.15, -0.1) is 0 Å². The highest BCUT2D eigenvalue weighted by atomic mass is 79.9. The molecule has 0 unspecified atom stereocenters. The van der Waals surface area contributed by atoms with Crippen LogP contribution in [0.15, 0.2) is 119 Å². The molecular weight excluding hydrogens is 642 g/mol. The van der Waals surface area contributed by atoms with E-state index in [9.17, 15) is 18.0 Å². The Morgan fingerprint density at radius 1 is 0.818 bits per heavy atom. The number of hydrogen-bond acceptors (Lipinski definition) is 5. The van der Waals surface area contributed by atoms with Gasteiger partial charge in [0, 0.05) is 24.0 Å². The Kier molecular flexibility index (Phi) is 11.6. The highest BCUT2D eigenvalue weighted by Crippen LogP contribution is 2.27. The molecule has 0 bridgehead atoms. The van der Waals surface area contributed by atoms with Crippen molar-refractivity contribution >= 4 is 43.5 Å². The van der Waals surface area contributed by atoms with Crippen molar-refractivity contribution in [1.29, 1.82) is 0 Å². The largest absolute Gasteiger partial charge is 0.494 e. The number of amides is 2. The number of rotatable bonds is 14. The number of benzene rings is 4. The molecule has 0 fully saturated rings. The van der Waals surface area contributed by atoms with Gasteiger partial charge in [0.15, 0.2) is 0 Å². The minimum absolute atomic E-state index is 0.0469. The number of nitrogens with one attached hydrogen (secondary N) is 1. The lowest BCUT2D eigenvalue weighted by molar-refractivity contribution is -0.140. The Hall–Kier alpha value is -4.15. The Bertz CT molecular complexity index is 1620. The third kappa shape index (κ3) is 8.48. The van der Waals surface area contributed by atoms with Gasteiger partial charge >= 0.3 is 0 Å². The first-order valence-electron chi connectivity index (χ1n) is 14.4. The van der Waals surface area contributed by atoms with Gasteiger partial charge in [-0.25, -0.2) is 8.42 Å². The van der Waals surface area contributed by atoms with Crippen molar-refractivity contribution in [2.75, 3.05) is 24.0 Å². The summed E-state index contributed by atoms with van der Waals surface area (Å²) in [5.41, 5.74) is 1.96. The molecule has 0 saturated carbocycles. The van der Waals surface area contributed by atoms with Crippen molar-refractivity contribution in [1.82, 2.24) is 10.2 Å². The van der Waals surface area contributed by atoms with Crippen molar-refractivity contribution in [3.63, 3.8) is 0 Å². The summed E-state index contributed by atoms with van der Waals surface area (Å²) in [7, 11) is -4.16. The number of ether oxygens (including phenoxy) is 1. The molecule has 230 valence electrons. The fourth-order valence-electron chi connectivity index (χ4n) is 4.76. The summed E-state index contributed by atoms with van der Waals surface area (Å²) < 4.78 is 35.6. The average molecular weight is 679 g/mol. The van der Waals surface area contributed by atoms with Gasteiger partial charge in [-0.05, 0) is 73.5 Å². The summed E-state index contributed by atoms with van der Waals surface area (Å²) in [6.07, 6.45) is 0.253. The minimum Gasteiger partial charge on any atom is -0.494 e. The lowest BCUT2D eigenvalue weighted by Gasteiger charge is -2.34. The molecule has 1 atom stereocenters. The van der Waals surface area contributed by atoms with Crippen LogP contribution in [-0.4, -0.2) is 50.9 Å². The molecular formula is C34H36BrN3O5S. The smallest absolute Gasteiger partial charge is 0.264 e. The van der Waals surface area contributed by atoms with Crippen molar-refractivity contribution in [2.45, 2.75) is 37.8 Å². The van der Waals surface area contributed by atoms with Gasteiger partial charge in [0.25, 0.3) is 10.0 Å². The van der Waals surface area contributed by atoms with Crippen LogP contribution in [0.4, 0.5) is 5.69 Å². The molecule has 0 radical (unpaired) electrons. The fraction of sp³-hybridized carbons (Fsp3) is 0.235. The van der Waals surface area contributed by atoms with Crippen LogP contribution in [0, 0.1) is 0 Å². The summed E-state index contributed by atoms with van der Waals surface area (Å²) in [6.45, 7) is 4.09. The summed E-state index contributed by atoms with van der Waals surface area (Å²) in [6, 6.07) is 30.6. The molecule has 8 nitrogen and oxygen atoms in total. The first-order chi connectivity index (χ1) is 21.2. The van der Waals surface area contributed by atoms with Gasteiger partial charge in [-0.2, -0.15) is 0 Å². The molecule has 4 aromatic carbocycles. The van der Waals surface area contributed by atoms with E-state index >= 15 is 0 Å². The molecule has 1 N–H and O–H groups in total. The second-order valence-corrected chi connectivity index (χ2v) is 12.8. The minimum atomic E-state index is -4.16. The van der Waals surface area contributed by atoms with Crippen LogP contribution in [0.2, 0.25) is 0 Å². The molecule has 0 saturated heterocycles. The highest BCUT2D eigenvalue weighted by molar-refractivity contribution is 9.10. The molecule has 0 aromatic heterocycles. The number of carbonyl (C=O) groups excluding carboxylic acids is 2. The lowest BCUT2D eigenvalue weighted by Crippen LogP contribution is -2.53. The van der Waals surface area contributed by atoms with Crippen LogP contribution >= 0.6 is 15.9 Å². The number of likely N-dealkylation sites (N-methyl/N-ethyl adjacent to an activating group) is 1. The zero-order chi connectivity index (χ0) is 31.5. The maximum absolute atomic E-state index is 14.4. The van der Waals surface area contributed by atoms with Crippen LogP contribution in [-0.2, 0) is 32.6 Å². The molecule has 0 heterocycles. The van der Waals surface area contributed by atoms with Crippen LogP contribution in [0.3, 0.4) is 0 Å². The molecule has 0 aliphatic heterocycles. The second kappa shape index (κ2) is 15.5. The van der Waals surface area contributed by atoms with E-state index in [0.29, 0.717) is 24.6 Å². The number of sulfonamides is 1. The van der Waals surface area contributed by atoms with Crippen molar-refractivity contribution in [3.05, 3.63) is 125 Å². The Balaban J connectivity index is 1.78. The first-order valence-corrected chi connectivity index (χ1v) is 16.6. The van der Waals surface area contributed by atoms with Gasteiger partial charge in [0.2, 0.25) is 11.8 Å². The number of halogens is 1. The molecule has 0 spiro atoms. The van der Waals surface area contributed by atoms with Gasteiger partial charge in [-0.1, -0.05) is 76.6 Å².